The van der Waals surface area contributed by atoms with Gasteiger partial charge in [0.05, 0.1) is 5.69 Å². The summed E-state index contributed by atoms with van der Waals surface area (Å²) in [6.07, 6.45) is 5.57. The number of likely N-dealkylation sites (tertiary alicyclic amines) is 1. The van der Waals surface area contributed by atoms with Crippen molar-refractivity contribution in [3.05, 3.63) is 17.0 Å². The van der Waals surface area contributed by atoms with E-state index in [-0.39, 0.29) is 18.3 Å². The lowest BCUT2D eigenvalue weighted by Crippen LogP contribution is -2.45. The molecule has 2 fully saturated rings. The van der Waals surface area contributed by atoms with Crippen LogP contribution in [-0.4, -0.2) is 41.6 Å². The van der Waals surface area contributed by atoms with E-state index in [1.165, 1.54) is 12.8 Å². The number of halogens is 1. The van der Waals surface area contributed by atoms with E-state index in [2.05, 4.69) is 10.5 Å². The number of rotatable bonds is 5. The molecule has 0 aromatic carbocycles. The Kier molecular flexibility index (Phi) is 5.87. The first-order valence-electron chi connectivity index (χ1n) is 8.16. The molecule has 5 nitrogen and oxygen atoms in total. The van der Waals surface area contributed by atoms with E-state index in [0.29, 0.717) is 29.5 Å². The number of nitrogens with zero attached hydrogens (tertiary/aromatic N) is 2. The van der Waals surface area contributed by atoms with Gasteiger partial charge >= 0.3 is 0 Å². The summed E-state index contributed by atoms with van der Waals surface area (Å²) in [5.74, 6) is 1.72. The van der Waals surface area contributed by atoms with Gasteiger partial charge in [0.15, 0.2) is 0 Å². The topological polar surface area (TPSA) is 58.4 Å². The second kappa shape index (κ2) is 7.47. The number of nitrogens with one attached hydrogen (secondary N) is 1. The zero-order chi connectivity index (χ0) is 14.8. The summed E-state index contributed by atoms with van der Waals surface area (Å²) in [5, 5.41) is 7.58. The van der Waals surface area contributed by atoms with E-state index in [4.69, 9.17) is 4.52 Å². The van der Waals surface area contributed by atoms with Gasteiger partial charge in [-0.15, -0.1) is 12.4 Å². The van der Waals surface area contributed by atoms with Crippen molar-refractivity contribution in [2.75, 3.05) is 19.6 Å². The normalized spacial score (nSPS) is 19.1. The van der Waals surface area contributed by atoms with Gasteiger partial charge in [0, 0.05) is 25.6 Å². The summed E-state index contributed by atoms with van der Waals surface area (Å²) >= 11 is 0. The first kappa shape index (κ1) is 17.3. The quantitative estimate of drug-likeness (QED) is 0.903. The monoisotopic (exact) mass is 327 g/mol. The summed E-state index contributed by atoms with van der Waals surface area (Å²) in [4.78, 5) is 14.6. The molecule has 1 aromatic heterocycles. The Morgan fingerprint density at radius 2 is 2.00 bits per heavy atom. The number of hydrogen-bond donors (Lipinski definition) is 1. The van der Waals surface area contributed by atoms with Crippen molar-refractivity contribution in [3.63, 3.8) is 0 Å². The van der Waals surface area contributed by atoms with Crippen LogP contribution in [0, 0.1) is 12.8 Å². The van der Waals surface area contributed by atoms with Gasteiger partial charge in [-0.1, -0.05) is 12.1 Å². The number of aryl methyl sites for hydroxylation is 2. The van der Waals surface area contributed by atoms with Gasteiger partial charge in [0.2, 0.25) is 0 Å². The predicted molar refractivity (Wildman–Crippen MR) is 87.5 cm³/mol. The highest BCUT2D eigenvalue weighted by Crippen LogP contribution is 2.28. The van der Waals surface area contributed by atoms with Crippen molar-refractivity contribution in [1.82, 2.24) is 15.4 Å². The zero-order valence-corrected chi connectivity index (χ0v) is 14.2. The van der Waals surface area contributed by atoms with E-state index in [1.54, 1.807) is 0 Å². The fourth-order valence-electron chi connectivity index (χ4n) is 3.03. The van der Waals surface area contributed by atoms with Crippen molar-refractivity contribution < 1.29 is 9.32 Å². The van der Waals surface area contributed by atoms with Gasteiger partial charge in [-0.05, 0) is 45.1 Å². The molecule has 3 rings (SSSR count). The van der Waals surface area contributed by atoms with Crippen LogP contribution in [0.1, 0.15) is 54.4 Å². The van der Waals surface area contributed by atoms with E-state index in [1.807, 2.05) is 18.7 Å². The molecule has 0 spiro atoms. The van der Waals surface area contributed by atoms with Crippen LogP contribution in [0.15, 0.2) is 4.52 Å². The molecule has 124 valence electrons. The van der Waals surface area contributed by atoms with E-state index >= 15 is 0 Å². The minimum absolute atomic E-state index is 0. The van der Waals surface area contributed by atoms with Crippen LogP contribution in [0.2, 0.25) is 0 Å². The van der Waals surface area contributed by atoms with E-state index in [9.17, 15) is 4.79 Å². The van der Waals surface area contributed by atoms with Crippen molar-refractivity contribution in [3.8, 4) is 0 Å². The number of carbonyl (C=O) groups excluding carboxylic acids is 1. The third kappa shape index (κ3) is 3.82. The second-order valence-electron chi connectivity index (χ2n) is 6.34. The molecule has 1 saturated heterocycles. The molecule has 6 heteroatoms. The average Bonchev–Trinajstić information content (AvgIpc) is 3.26. The number of aromatic nitrogens is 1. The highest BCUT2D eigenvalue weighted by Gasteiger charge is 2.29. The molecule has 0 bridgehead atoms. The maximum atomic E-state index is 12.6. The van der Waals surface area contributed by atoms with Crippen LogP contribution in [0.25, 0.3) is 0 Å². The molecule has 2 aliphatic rings. The summed E-state index contributed by atoms with van der Waals surface area (Å²) in [5.41, 5.74) is 1.40. The van der Waals surface area contributed by atoms with Crippen molar-refractivity contribution in [2.24, 2.45) is 5.92 Å². The van der Waals surface area contributed by atoms with Crippen LogP contribution in [0.3, 0.4) is 0 Å². The number of carbonyl (C=O) groups is 1. The fraction of sp³-hybridized carbons (Fsp3) is 0.750. The Morgan fingerprint density at radius 3 is 2.59 bits per heavy atom. The van der Waals surface area contributed by atoms with Gasteiger partial charge in [-0.2, -0.15) is 0 Å². The molecule has 0 atom stereocenters. The van der Waals surface area contributed by atoms with Crippen LogP contribution in [-0.2, 0) is 6.42 Å². The molecule has 2 heterocycles. The lowest BCUT2D eigenvalue weighted by atomic mass is 10.0. The predicted octanol–water partition coefficient (Wildman–Crippen LogP) is 2.57. The number of amides is 1. The van der Waals surface area contributed by atoms with Crippen LogP contribution < -0.4 is 5.32 Å². The zero-order valence-electron chi connectivity index (χ0n) is 13.4. The standard InChI is InChI=1S/C16H25N3O2.ClH/c1-3-14-15(11(2)18-21-14)16(20)19-8-6-13(7-9-19)17-10-12-4-5-12;/h12-13,17H,3-10H2,1-2H3;1H. The summed E-state index contributed by atoms with van der Waals surface area (Å²) < 4.78 is 5.24. The van der Waals surface area contributed by atoms with Crippen molar-refractivity contribution in [2.45, 2.75) is 52.0 Å². The first-order chi connectivity index (χ1) is 10.2. The van der Waals surface area contributed by atoms with Crippen molar-refractivity contribution in [1.29, 1.82) is 0 Å². The molecule has 0 radical (unpaired) electrons. The molecule has 1 saturated carbocycles. The maximum Gasteiger partial charge on any atom is 0.259 e. The molecule has 22 heavy (non-hydrogen) atoms. The Morgan fingerprint density at radius 1 is 1.32 bits per heavy atom. The van der Waals surface area contributed by atoms with Gasteiger partial charge < -0.3 is 14.7 Å². The van der Waals surface area contributed by atoms with Crippen LogP contribution in [0.4, 0.5) is 0 Å². The first-order valence-corrected chi connectivity index (χ1v) is 8.16. The molecular formula is C16H26ClN3O2. The summed E-state index contributed by atoms with van der Waals surface area (Å²) in [7, 11) is 0. The van der Waals surface area contributed by atoms with Gasteiger partial charge in [-0.3, -0.25) is 4.79 Å². The van der Waals surface area contributed by atoms with Gasteiger partial charge in [0.1, 0.15) is 11.3 Å². The van der Waals surface area contributed by atoms with E-state index in [0.717, 1.165) is 38.4 Å². The lowest BCUT2D eigenvalue weighted by Gasteiger charge is -2.32. The minimum Gasteiger partial charge on any atom is -0.360 e. The van der Waals surface area contributed by atoms with Crippen LogP contribution in [0.5, 0.6) is 0 Å². The SMILES string of the molecule is CCc1onc(C)c1C(=O)N1CCC(NCC2CC2)CC1.Cl. The minimum atomic E-state index is 0. The Balaban J connectivity index is 0.00000176. The summed E-state index contributed by atoms with van der Waals surface area (Å²) in [6, 6.07) is 0.573. The van der Waals surface area contributed by atoms with Gasteiger partial charge in [0.25, 0.3) is 5.91 Å². The van der Waals surface area contributed by atoms with Crippen LogP contribution >= 0.6 is 12.4 Å². The Bertz CT molecular complexity index is 505. The fourth-order valence-corrected chi connectivity index (χ4v) is 3.03. The average molecular weight is 328 g/mol. The molecule has 1 aromatic rings. The third-order valence-corrected chi connectivity index (χ3v) is 4.64. The molecule has 0 unspecified atom stereocenters. The molecular weight excluding hydrogens is 302 g/mol. The maximum absolute atomic E-state index is 12.6. The Hall–Kier alpha value is -1.07. The molecule has 1 aliphatic carbocycles. The van der Waals surface area contributed by atoms with E-state index < -0.39 is 0 Å². The number of hydrogen-bond acceptors (Lipinski definition) is 4. The second-order valence-corrected chi connectivity index (χ2v) is 6.34. The smallest absolute Gasteiger partial charge is 0.259 e. The highest BCUT2D eigenvalue weighted by atomic mass is 35.5. The highest BCUT2D eigenvalue weighted by molar-refractivity contribution is 5.96. The Labute approximate surface area is 138 Å². The van der Waals surface area contributed by atoms with Crippen molar-refractivity contribution >= 4 is 18.3 Å². The van der Waals surface area contributed by atoms with Gasteiger partial charge in [-0.25, -0.2) is 0 Å². The summed E-state index contributed by atoms with van der Waals surface area (Å²) in [6.45, 7) is 6.65. The third-order valence-electron chi connectivity index (χ3n) is 4.64. The molecule has 1 N–H and O–H groups in total. The molecule has 1 aliphatic heterocycles. The number of piperidine rings is 1. The largest absolute Gasteiger partial charge is 0.360 e. The lowest BCUT2D eigenvalue weighted by molar-refractivity contribution is 0.0702. The molecule has 1 amide bonds.